The van der Waals surface area contributed by atoms with Crippen molar-refractivity contribution in [1.82, 2.24) is 4.98 Å². The van der Waals surface area contributed by atoms with Crippen LogP contribution >= 0.6 is 11.3 Å². The van der Waals surface area contributed by atoms with Crippen molar-refractivity contribution >= 4 is 11.3 Å². The molecule has 0 spiro atoms. The largest absolute Gasteiger partial charge is 0.388 e. The lowest BCUT2D eigenvalue weighted by molar-refractivity contribution is 0.202. The van der Waals surface area contributed by atoms with Crippen molar-refractivity contribution in [1.29, 1.82) is 0 Å². The summed E-state index contributed by atoms with van der Waals surface area (Å²) in [4.78, 5) is 5.51. The van der Waals surface area contributed by atoms with Crippen molar-refractivity contribution in [2.45, 2.75) is 33.3 Å². The third-order valence-corrected chi connectivity index (χ3v) is 4.19. The van der Waals surface area contributed by atoms with Crippen LogP contribution in [0, 0.1) is 13.8 Å². The van der Waals surface area contributed by atoms with Crippen molar-refractivity contribution in [3.8, 4) is 0 Å². The number of rotatable bonds is 3. The molecule has 0 aliphatic carbocycles. The quantitative estimate of drug-likeness (QED) is 0.901. The summed E-state index contributed by atoms with van der Waals surface area (Å²) in [5.41, 5.74) is 3.55. The number of aliphatic hydroxyl groups is 1. The summed E-state index contributed by atoms with van der Waals surface area (Å²) in [5, 5.41) is 10.7. The van der Waals surface area contributed by atoms with E-state index in [2.05, 4.69) is 30.1 Å². The number of hydrogen-bond acceptors (Lipinski definition) is 3. The lowest BCUT2D eigenvalue weighted by Gasteiger charge is -2.02. The average Bonchev–Trinajstić information content (AvgIpc) is 2.63. The van der Waals surface area contributed by atoms with Gasteiger partial charge in [-0.1, -0.05) is 24.3 Å². The molecule has 2 nitrogen and oxygen atoms in total. The van der Waals surface area contributed by atoms with E-state index in [4.69, 9.17) is 0 Å². The fraction of sp³-hybridized carbons (Fsp3) is 0.357. The van der Waals surface area contributed by atoms with E-state index in [9.17, 15) is 5.11 Å². The molecule has 1 aromatic carbocycles. The van der Waals surface area contributed by atoms with Crippen LogP contribution in [0.3, 0.4) is 0 Å². The predicted octanol–water partition coefficient (Wildman–Crippen LogP) is 3.40. The molecule has 0 aliphatic rings. The van der Waals surface area contributed by atoms with Gasteiger partial charge in [0.05, 0.1) is 21.7 Å². The molecule has 0 radical (unpaired) electrons. The summed E-state index contributed by atoms with van der Waals surface area (Å²) in [6.07, 6.45) is 0.434. The zero-order chi connectivity index (χ0) is 12.4. The number of aryl methyl sites for hydroxylation is 2. The maximum absolute atomic E-state index is 9.61. The first-order valence-electron chi connectivity index (χ1n) is 5.76. The van der Waals surface area contributed by atoms with Gasteiger partial charge in [0.25, 0.3) is 0 Å². The van der Waals surface area contributed by atoms with Crippen molar-refractivity contribution in [3.63, 3.8) is 0 Å². The van der Waals surface area contributed by atoms with Crippen LogP contribution in [-0.2, 0) is 6.42 Å². The molecule has 2 rings (SSSR count). The highest BCUT2D eigenvalue weighted by Gasteiger charge is 2.12. The first-order chi connectivity index (χ1) is 8.08. The topological polar surface area (TPSA) is 33.1 Å². The molecule has 0 saturated carbocycles. The summed E-state index contributed by atoms with van der Waals surface area (Å²) >= 11 is 1.61. The van der Waals surface area contributed by atoms with Gasteiger partial charge in [0.1, 0.15) is 0 Å². The van der Waals surface area contributed by atoms with Gasteiger partial charge in [-0.25, -0.2) is 4.98 Å². The molecular weight excluding hydrogens is 230 g/mol. The van der Waals surface area contributed by atoms with Crippen molar-refractivity contribution in [2.75, 3.05) is 0 Å². The second-order valence-electron chi connectivity index (χ2n) is 4.34. The SMILES string of the molecule is Cc1ccccc1Cc1nc(C)c(C(C)O)s1. The first kappa shape index (κ1) is 12.3. The Bertz CT molecular complexity index is 517. The van der Waals surface area contributed by atoms with Gasteiger partial charge in [-0.15, -0.1) is 11.3 Å². The van der Waals surface area contributed by atoms with Crippen LogP contribution in [0.25, 0.3) is 0 Å². The third-order valence-electron chi connectivity index (χ3n) is 2.86. The van der Waals surface area contributed by atoms with E-state index in [1.54, 1.807) is 18.3 Å². The average molecular weight is 247 g/mol. The summed E-state index contributed by atoms with van der Waals surface area (Å²) in [6.45, 7) is 5.86. The highest BCUT2D eigenvalue weighted by atomic mass is 32.1. The zero-order valence-electron chi connectivity index (χ0n) is 10.4. The molecule has 0 saturated heterocycles. The molecule has 1 heterocycles. The molecule has 0 bridgehead atoms. The molecule has 1 aromatic heterocycles. The summed E-state index contributed by atoms with van der Waals surface area (Å²) in [5.74, 6) is 0. The van der Waals surface area contributed by atoms with Crippen molar-refractivity contribution in [2.24, 2.45) is 0 Å². The molecule has 1 atom stereocenters. The Morgan fingerprint density at radius 2 is 2.00 bits per heavy atom. The van der Waals surface area contributed by atoms with E-state index in [1.165, 1.54) is 11.1 Å². The molecule has 1 unspecified atom stereocenters. The molecule has 1 N–H and O–H groups in total. The third kappa shape index (κ3) is 2.73. The first-order valence-corrected chi connectivity index (χ1v) is 6.58. The van der Waals surface area contributed by atoms with Crippen LogP contribution in [-0.4, -0.2) is 10.1 Å². The number of nitrogens with zero attached hydrogens (tertiary/aromatic N) is 1. The molecule has 3 heteroatoms. The maximum Gasteiger partial charge on any atom is 0.0975 e. The Morgan fingerprint density at radius 3 is 2.59 bits per heavy atom. The van der Waals surface area contributed by atoms with Gasteiger partial charge >= 0.3 is 0 Å². The fourth-order valence-corrected chi connectivity index (χ4v) is 2.93. The number of aromatic nitrogens is 1. The van der Waals surface area contributed by atoms with E-state index in [0.29, 0.717) is 0 Å². The fourth-order valence-electron chi connectivity index (χ4n) is 1.90. The van der Waals surface area contributed by atoms with Gasteiger partial charge in [0.2, 0.25) is 0 Å². The standard InChI is InChI=1S/C14H17NOS/c1-9-6-4-5-7-12(9)8-13-15-10(2)14(17-13)11(3)16/h4-7,11,16H,8H2,1-3H3. The van der Waals surface area contributed by atoms with Crippen molar-refractivity contribution < 1.29 is 5.11 Å². The predicted molar refractivity (Wildman–Crippen MR) is 71.5 cm³/mol. The minimum absolute atomic E-state index is 0.418. The Balaban J connectivity index is 2.25. The molecule has 90 valence electrons. The highest BCUT2D eigenvalue weighted by Crippen LogP contribution is 2.26. The van der Waals surface area contributed by atoms with E-state index in [0.717, 1.165) is 22.0 Å². The monoisotopic (exact) mass is 247 g/mol. The number of aliphatic hydroxyl groups excluding tert-OH is 1. The summed E-state index contributed by atoms with van der Waals surface area (Å²) in [7, 11) is 0. The molecule has 17 heavy (non-hydrogen) atoms. The minimum atomic E-state index is -0.418. The van der Waals surface area contributed by atoms with Gasteiger partial charge in [-0.05, 0) is 31.9 Å². The Morgan fingerprint density at radius 1 is 1.29 bits per heavy atom. The molecule has 0 amide bonds. The van der Waals surface area contributed by atoms with Gasteiger partial charge in [0, 0.05) is 6.42 Å². The van der Waals surface area contributed by atoms with E-state index < -0.39 is 6.10 Å². The maximum atomic E-state index is 9.61. The molecule has 0 aliphatic heterocycles. The van der Waals surface area contributed by atoms with Gasteiger partial charge < -0.3 is 5.11 Å². The number of benzene rings is 1. The lowest BCUT2D eigenvalue weighted by Crippen LogP contribution is -1.90. The van der Waals surface area contributed by atoms with Gasteiger partial charge in [-0.2, -0.15) is 0 Å². The molecule has 2 aromatic rings. The molecule has 0 fully saturated rings. The lowest BCUT2D eigenvalue weighted by atomic mass is 10.1. The number of thiazole rings is 1. The van der Waals surface area contributed by atoms with Crippen LogP contribution in [0.2, 0.25) is 0 Å². The van der Waals surface area contributed by atoms with Gasteiger partial charge in [0.15, 0.2) is 0 Å². The Kier molecular flexibility index (Phi) is 3.60. The van der Waals surface area contributed by atoms with E-state index in [1.807, 2.05) is 13.0 Å². The minimum Gasteiger partial charge on any atom is -0.388 e. The van der Waals surface area contributed by atoms with Crippen LogP contribution in [0.1, 0.15) is 39.7 Å². The van der Waals surface area contributed by atoms with Crippen LogP contribution < -0.4 is 0 Å². The van der Waals surface area contributed by atoms with Crippen molar-refractivity contribution in [3.05, 3.63) is 51.0 Å². The Hall–Kier alpha value is -1.19. The van der Waals surface area contributed by atoms with Crippen LogP contribution in [0.15, 0.2) is 24.3 Å². The normalized spacial score (nSPS) is 12.7. The second-order valence-corrected chi connectivity index (χ2v) is 5.45. The smallest absolute Gasteiger partial charge is 0.0975 e. The van der Waals surface area contributed by atoms with E-state index in [-0.39, 0.29) is 0 Å². The summed E-state index contributed by atoms with van der Waals surface area (Å²) in [6, 6.07) is 8.35. The second kappa shape index (κ2) is 4.98. The zero-order valence-corrected chi connectivity index (χ0v) is 11.2. The van der Waals surface area contributed by atoms with Crippen LogP contribution in [0.4, 0.5) is 0 Å². The Labute approximate surface area is 106 Å². The van der Waals surface area contributed by atoms with Gasteiger partial charge in [-0.3, -0.25) is 0 Å². The van der Waals surface area contributed by atoms with E-state index >= 15 is 0 Å². The summed E-state index contributed by atoms with van der Waals surface area (Å²) < 4.78 is 0. The number of hydrogen-bond donors (Lipinski definition) is 1. The highest BCUT2D eigenvalue weighted by molar-refractivity contribution is 7.11. The van der Waals surface area contributed by atoms with Crippen LogP contribution in [0.5, 0.6) is 0 Å². The molecular formula is C14H17NOS.